The summed E-state index contributed by atoms with van der Waals surface area (Å²) in [7, 11) is -3.55. The lowest BCUT2D eigenvalue weighted by Gasteiger charge is -2.19. The molecule has 6 heteroatoms. The van der Waals surface area contributed by atoms with Gasteiger partial charge in [-0.2, -0.15) is 0 Å². The Balaban J connectivity index is 2.97. The molecule has 0 aliphatic heterocycles. The molecule has 0 aliphatic rings. The van der Waals surface area contributed by atoms with Gasteiger partial charge in [0, 0.05) is 17.6 Å². The second-order valence-electron chi connectivity index (χ2n) is 5.09. The van der Waals surface area contributed by atoms with Gasteiger partial charge in [-0.1, -0.05) is 25.4 Å². The molecule has 1 aromatic rings. The molecule has 1 atom stereocenters. The molecule has 0 fully saturated rings. The van der Waals surface area contributed by atoms with Crippen LogP contribution in [0.25, 0.3) is 0 Å². The zero-order valence-corrected chi connectivity index (χ0v) is 13.1. The number of hydrogen-bond acceptors (Lipinski definition) is 3. The van der Waals surface area contributed by atoms with Gasteiger partial charge in [0.15, 0.2) is 0 Å². The molecule has 1 unspecified atom stereocenters. The van der Waals surface area contributed by atoms with Crippen molar-refractivity contribution in [1.82, 2.24) is 4.72 Å². The summed E-state index contributed by atoms with van der Waals surface area (Å²) in [5, 5.41) is 0.522. The second kappa shape index (κ2) is 6.70. The van der Waals surface area contributed by atoms with Gasteiger partial charge in [0.25, 0.3) is 0 Å². The number of nitrogens with one attached hydrogen (secondary N) is 1. The summed E-state index contributed by atoms with van der Waals surface area (Å²) >= 11 is 5.83. The van der Waals surface area contributed by atoms with Crippen molar-refractivity contribution in [2.75, 3.05) is 6.54 Å². The van der Waals surface area contributed by atoms with Crippen molar-refractivity contribution in [3.63, 3.8) is 0 Å². The van der Waals surface area contributed by atoms with Crippen molar-refractivity contribution in [2.45, 2.75) is 38.1 Å². The Morgan fingerprint density at radius 2 is 2.00 bits per heavy atom. The summed E-state index contributed by atoms with van der Waals surface area (Å²) in [4.78, 5) is 0.249. The third-order valence-electron chi connectivity index (χ3n) is 2.79. The largest absolute Gasteiger partial charge is 0.329 e. The molecule has 4 nitrogen and oxygen atoms in total. The van der Waals surface area contributed by atoms with E-state index in [9.17, 15) is 8.42 Å². The molecule has 0 radical (unpaired) electrons. The van der Waals surface area contributed by atoms with Gasteiger partial charge >= 0.3 is 0 Å². The molecule has 0 heterocycles. The van der Waals surface area contributed by atoms with Crippen LogP contribution >= 0.6 is 11.6 Å². The second-order valence-corrected chi connectivity index (χ2v) is 7.21. The molecule has 1 rings (SSSR count). The Hall–Kier alpha value is -0.620. The summed E-state index contributed by atoms with van der Waals surface area (Å²) in [6.07, 6.45) is 0.711. The summed E-state index contributed by atoms with van der Waals surface area (Å²) in [6, 6.07) is 4.47. The molecule has 0 aliphatic carbocycles. The van der Waals surface area contributed by atoms with E-state index in [0.717, 1.165) is 0 Å². The van der Waals surface area contributed by atoms with Gasteiger partial charge in [0.1, 0.15) is 0 Å². The van der Waals surface area contributed by atoms with Gasteiger partial charge in [-0.3, -0.25) is 0 Å². The van der Waals surface area contributed by atoms with Crippen molar-refractivity contribution >= 4 is 21.6 Å². The van der Waals surface area contributed by atoms with Gasteiger partial charge in [0.05, 0.1) is 4.90 Å². The van der Waals surface area contributed by atoms with E-state index in [0.29, 0.717) is 22.9 Å². The van der Waals surface area contributed by atoms with Gasteiger partial charge in [-0.05, 0) is 43.0 Å². The smallest absolute Gasteiger partial charge is 0.241 e. The lowest BCUT2D eigenvalue weighted by molar-refractivity contribution is 0.465. The monoisotopic (exact) mass is 304 g/mol. The van der Waals surface area contributed by atoms with Crippen LogP contribution in [0.1, 0.15) is 25.8 Å². The maximum Gasteiger partial charge on any atom is 0.241 e. The zero-order chi connectivity index (χ0) is 14.6. The van der Waals surface area contributed by atoms with Crippen molar-refractivity contribution in [3.8, 4) is 0 Å². The highest BCUT2D eigenvalue weighted by atomic mass is 35.5. The van der Waals surface area contributed by atoms with Gasteiger partial charge in [0.2, 0.25) is 10.0 Å². The highest BCUT2D eigenvalue weighted by Gasteiger charge is 2.21. The molecule has 3 N–H and O–H groups in total. The van der Waals surface area contributed by atoms with Gasteiger partial charge in [-0.15, -0.1) is 0 Å². The van der Waals surface area contributed by atoms with Crippen LogP contribution in [0.2, 0.25) is 5.02 Å². The molecule has 0 amide bonds. The average Bonchev–Trinajstić information content (AvgIpc) is 2.26. The van der Waals surface area contributed by atoms with Crippen LogP contribution in [0.15, 0.2) is 23.1 Å². The van der Waals surface area contributed by atoms with Crippen LogP contribution in [-0.2, 0) is 10.0 Å². The number of nitrogens with two attached hydrogens (primary N) is 1. The minimum atomic E-state index is -3.55. The molecule has 1 aromatic carbocycles. The predicted octanol–water partition coefficient (Wildman–Crippen LogP) is 2.30. The third-order valence-corrected chi connectivity index (χ3v) is 4.70. The average molecular weight is 305 g/mol. The van der Waals surface area contributed by atoms with Gasteiger partial charge in [-0.25, -0.2) is 13.1 Å². The summed E-state index contributed by atoms with van der Waals surface area (Å²) in [6.45, 7) is 6.07. The van der Waals surface area contributed by atoms with Crippen LogP contribution in [-0.4, -0.2) is 21.0 Å². The first-order valence-electron chi connectivity index (χ1n) is 6.24. The molecule has 0 saturated carbocycles. The summed E-state index contributed by atoms with van der Waals surface area (Å²) in [5.41, 5.74) is 6.25. The van der Waals surface area contributed by atoms with Gasteiger partial charge < -0.3 is 5.73 Å². The highest BCUT2D eigenvalue weighted by molar-refractivity contribution is 7.89. The van der Waals surface area contributed by atoms with Crippen LogP contribution in [0.3, 0.4) is 0 Å². The SMILES string of the molecule is Cc1cc(Cl)ccc1S(=O)(=O)NC(CN)CC(C)C. The predicted molar refractivity (Wildman–Crippen MR) is 78.8 cm³/mol. The molecule has 0 saturated heterocycles. The Bertz CT molecular complexity index is 529. The molecular weight excluding hydrogens is 284 g/mol. The number of halogens is 1. The first kappa shape index (κ1) is 16.4. The number of benzene rings is 1. The molecule has 0 spiro atoms. The van der Waals surface area contributed by atoms with Crippen LogP contribution in [0, 0.1) is 12.8 Å². The molecule has 0 aromatic heterocycles. The molecule has 0 bridgehead atoms. The van der Waals surface area contributed by atoms with Crippen molar-refractivity contribution in [3.05, 3.63) is 28.8 Å². The van der Waals surface area contributed by atoms with E-state index >= 15 is 0 Å². The minimum absolute atomic E-state index is 0.249. The maximum atomic E-state index is 12.3. The molecular formula is C13H21ClN2O2S. The van der Waals surface area contributed by atoms with E-state index in [4.69, 9.17) is 17.3 Å². The Kier molecular flexibility index (Phi) is 5.80. The number of sulfonamides is 1. The lowest BCUT2D eigenvalue weighted by Crippen LogP contribution is -2.41. The van der Waals surface area contributed by atoms with Crippen molar-refractivity contribution < 1.29 is 8.42 Å². The van der Waals surface area contributed by atoms with Crippen LogP contribution in [0.4, 0.5) is 0 Å². The fraction of sp³-hybridized carbons (Fsp3) is 0.538. The lowest BCUT2D eigenvalue weighted by atomic mass is 10.1. The first-order chi connectivity index (χ1) is 8.76. The van der Waals surface area contributed by atoms with E-state index in [1.165, 1.54) is 6.07 Å². The number of aryl methyl sites for hydroxylation is 1. The molecule has 19 heavy (non-hydrogen) atoms. The minimum Gasteiger partial charge on any atom is -0.329 e. The van der Waals surface area contributed by atoms with Crippen LogP contribution < -0.4 is 10.5 Å². The van der Waals surface area contributed by atoms with Crippen molar-refractivity contribution in [1.29, 1.82) is 0 Å². The normalized spacial score (nSPS) is 13.8. The number of rotatable bonds is 6. The first-order valence-corrected chi connectivity index (χ1v) is 8.11. The van der Waals surface area contributed by atoms with Crippen molar-refractivity contribution in [2.24, 2.45) is 11.7 Å². The standard InChI is InChI=1S/C13H21ClN2O2S/c1-9(2)6-12(8-15)16-19(17,18)13-5-4-11(14)7-10(13)3/h4-5,7,9,12,16H,6,8,15H2,1-3H3. The number of hydrogen-bond donors (Lipinski definition) is 2. The molecule has 108 valence electrons. The highest BCUT2D eigenvalue weighted by Crippen LogP contribution is 2.20. The van der Waals surface area contributed by atoms with E-state index < -0.39 is 10.0 Å². The van der Waals surface area contributed by atoms with E-state index in [1.54, 1.807) is 19.1 Å². The Labute approximate surface area is 120 Å². The quantitative estimate of drug-likeness (QED) is 0.847. The fourth-order valence-electron chi connectivity index (χ4n) is 1.96. The zero-order valence-electron chi connectivity index (χ0n) is 11.5. The summed E-state index contributed by atoms with van der Waals surface area (Å²) < 4.78 is 27.3. The maximum absolute atomic E-state index is 12.3. The topological polar surface area (TPSA) is 72.2 Å². The summed E-state index contributed by atoms with van der Waals surface area (Å²) in [5.74, 6) is 0.377. The fourth-order valence-corrected chi connectivity index (χ4v) is 3.67. The van der Waals surface area contributed by atoms with E-state index in [1.807, 2.05) is 13.8 Å². The Morgan fingerprint density at radius 3 is 2.47 bits per heavy atom. The van der Waals surface area contributed by atoms with Crippen LogP contribution in [0.5, 0.6) is 0 Å². The Morgan fingerprint density at radius 1 is 1.37 bits per heavy atom. The van der Waals surface area contributed by atoms with E-state index in [-0.39, 0.29) is 17.5 Å². The van der Waals surface area contributed by atoms with E-state index in [2.05, 4.69) is 4.72 Å². The third kappa shape index (κ3) is 4.76.